The van der Waals surface area contributed by atoms with E-state index in [1.807, 2.05) is 0 Å². The van der Waals surface area contributed by atoms with Crippen molar-refractivity contribution in [2.45, 2.75) is 31.6 Å². The molecule has 2 aromatic rings. The minimum atomic E-state index is -4.69. The lowest BCUT2D eigenvalue weighted by Gasteiger charge is -2.27. The van der Waals surface area contributed by atoms with E-state index in [2.05, 4.69) is 5.32 Å². The maximum atomic E-state index is 13.3. The number of halogens is 4. The minimum Gasteiger partial charge on any atom is -0.467 e. The van der Waals surface area contributed by atoms with Crippen LogP contribution in [-0.4, -0.2) is 46.9 Å². The number of amides is 4. The van der Waals surface area contributed by atoms with Crippen molar-refractivity contribution in [3.05, 3.63) is 59.8 Å². The highest BCUT2D eigenvalue weighted by Crippen LogP contribution is 2.32. The Morgan fingerprint density at radius 3 is 2.42 bits per heavy atom. The number of hydrogen-bond donors (Lipinski definition) is 1. The molecule has 166 valence electrons. The van der Waals surface area contributed by atoms with Crippen molar-refractivity contribution in [2.24, 2.45) is 0 Å². The van der Waals surface area contributed by atoms with Crippen LogP contribution in [0.1, 0.15) is 24.7 Å². The summed E-state index contributed by atoms with van der Waals surface area (Å²) in [6.45, 7) is -1.33. The van der Waals surface area contributed by atoms with Crippen molar-refractivity contribution in [1.82, 2.24) is 15.1 Å². The number of nitrogens with one attached hydrogen (secondary N) is 1. The first-order chi connectivity index (χ1) is 14.6. The second kappa shape index (κ2) is 8.40. The predicted molar refractivity (Wildman–Crippen MR) is 98.8 cm³/mol. The number of carbonyl (C=O) groups is 3. The van der Waals surface area contributed by atoms with Crippen LogP contribution in [0.25, 0.3) is 0 Å². The van der Waals surface area contributed by atoms with E-state index in [9.17, 15) is 31.9 Å². The summed E-state index contributed by atoms with van der Waals surface area (Å²) in [4.78, 5) is 39.2. The lowest BCUT2D eigenvalue weighted by molar-refractivity contribution is -0.163. The first-order valence-corrected chi connectivity index (χ1v) is 9.33. The highest BCUT2D eigenvalue weighted by atomic mass is 19.4. The number of alkyl halides is 3. The van der Waals surface area contributed by atoms with Gasteiger partial charge in [-0.3, -0.25) is 14.5 Å². The van der Waals surface area contributed by atoms with Crippen molar-refractivity contribution < 1.29 is 36.4 Å². The molecule has 1 aliphatic rings. The minimum absolute atomic E-state index is 0.0898. The lowest BCUT2D eigenvalue weighted by Crippen LogP contribution is -2.47. The quantitative estimate of drug-likeness (QED) is 0.529. The van der Waals surface area contributed by atoms with Crippen LogP contribution in [0.5, 0.6) is 0 Å². The number of carbonyl (C=O) groups excluding carboxylic acids is 3. The first-order valence-electron chi connectivity index (χ1n) is 9.33. The normalized spacial score (nSPS) is 18.9. The molecule has 31 heavy (non-hydrogen) atoms. The molecule has 11 heteroatoms. The van der Waals surface area contributed by atoms with Crippen LogP contribution < -0.4 is 5.32 Å². The van der Waals surface area contributed by atoms with E-state index in [0.717, 1.165) is 12.1 Å². The second-order valence-electron chi connectivity index (χ2n) is 7.03. The summed E-state index contributed by atoms with van der Waals surface area (Å²) in [5, 5.41) is 2.49. The van der Waals surface area contributed by atoms with Gasteiger partial charge in [0, 0.05) is 0 Å². The SMILES string of the molecule is CCC1(c2ccc(F)cc2)NC(=O)N(CC(=O)N(Cc2ccco2)CC(F)(F)F)C1=O. The van der Waals surface area contributed by atoms with E-state index in [0.29, 0.717) is 15.4 Å². The summed E-state index contributed by atoms with van der Waals surface area (Å²) in [7, 11) is 0. The van der Waals surface area contributed by atoms with Crippen LogP contribution in [0.15, 0.2) is 47.1 Å². The topological polar surface area (TPSA) is 82.9 Å². The average molecular weight is 441 g/mol. The molecule has 0 spiro atoms. The molecule has 3 rings (SSSR count). The van der Waals surface area contributed by atoms with Gasteiger partial charge in [-0.25, -0.2) is 9.18 Å². The van der Waals surface area contributed by atoms with Crippen LogP contribution in [0.2, 0.25) is 0 Å². The zero-order valence-electron chi connectivity index (χ0n) is 16.4. The summed E-state index contributed by atoms with van der Waals surface area (Å²) >= 11 is 0. The van der Waals surface area contributed by atoms with Crippen molar-refractivity contribution >= 4 is 17.8 Å². The van der Waals surface area contributed by atoms with Crippen LogP contribution in [0, 0.1) is 5.82 Å². The van der Waals surface area contributed by atoms with Gasteiger partial charge in [0.2, 0.25) is 5.91 Å². The highest BCUT2D eigenvalue weighted by molar-refractivity contribution is 6.09. The molecule has 0 bridgehead atoms. The number of hydrogen-bond acceptors (Lipinski definition) is 4. The standard InChI is InChI=1S/C20H19F4N3O4/c1-2-19(13-5-7-14(21)8-6-13)17(29)27(18(30)25-19)11-16(28)26(12-20(22,23)24)10-15-4-3-9-31-15/h3-9H,2,10-12H2,1H3,(H,25,30). The number of urea groups is 1. The molecule has 1 aromatic heterocycles. The Hall–Kier alpha value is -3.37. The van der Waals surface area contributed by atoms with E-state index in [4.69, 9.17) is 4.42 Å². The number of furan rings is 1. The maximum absolute atomic E-state index is 13.3. The molecule has 7 nitrogen and oxygen atoms in total. The number of benzene rings is 1. The van der Waals surface area contributed by atoms with E-state index in [1.165, 1.54) is 30.5 Å². The zero-order chi connectivity index (χ0) is 22.8. The Morgan fingerprint density at radius 1 is 1.19 bits per heavy atom. The van der Waals surface area contributed by atoms with Gasteiger partial charge < -0.3 is 14.6 Å². The molecular formula is C20H19F4N3O4. The van der Waals surface area contributed by atoms with E-state index < -0.39 is 55.0 Å². The van der Waals surface area contributed by atoms with Gasteiger partial charge >= 0.3 is 12.2 Å². The fourth-order valence-corrected chi connectivity index (χ4v) is 3.42. The van der Waals surface area contributed by atoms with Crippen LogP contribution >= 0.6 is 0 Å². The average Bonchev–Trinajstić information content (AvgIpc) is 3.29. The third kappa shape index (κ3) is 4.70. The second-order valence-corrected chi connectivity index (χ2v) is 7.03. The van der Waals surface area contributed by atoms with Crippen molar-refractivity contribution in [1.29, 1.82) is 0 Å². The molecule has 0 radical (unpaired) electrons. The molecule has 1 saturated heterocycles. The summed E-state index contributed by atoms with van der Waals surface area (Å²) in [6, 6.07) is 6.84. The fraction of sp³-hybridized carbons (Fsp3) is 0.350. The monoisotopic (exact) mass is 441 g/mol. The van der Waals surface area contributed by atoms with Gasteiger partial charge in [-0.15, -0.1) is 0 Å². The van der Waals surface area contributed by atoms with Crippen LogP contribution in [-0.2, 0) is 21.7 Å². The van der Waals surface area contributed by atoms with Crippen molar-refractivity contribution in [3.63, 3.8) is 0 Å². The van der Waals surface area contributed by atoms with Gasteiger partial charge in [0.25, 0.3) is 5.91 Å². The van der Waals surface area contributed by atoms with Crippen molar-refractivity contribution in [2.75, 3.05) is 13.1 Å². The van der Waals surface area contributed by atoms with Gasteiger partial charge in [-0.1, -0.05) is 19.1 Å². The van der Waals surface area contributed by atoms with Gasteiger partial charge in [-0.2, -0.15) is 13.2 Å². The zero-order valence-corrected chi connectivity index (χ0v) is 16.4. The van der Waals surface area contributed by atoms with Gasteiger partial charge in [-0.05, 0) is 36.2 Å². The number of rotatable bonds is 7. The highest BCUT2D eigenvalue weighted by Gasteiger charge is 2.52. The molecule has 0 saturated carbocycles. The van der Waals surface area contributed by atoms with Crippen molar-refractivity contribution in [3.8, 4) is 0 Å². The van der Waals surface area contributed by atoms with Gasteiger partial charge in [0.05, 0.1) is 12.8 Å². The number of imide groups is 1. The summed E-state index contributed by atoms with van der Waals surface area (Å²) in [6.07, 6.45) is -3.35. The Balaban J connectivity index is 1.82. The third-order valence-electron chi connectivity index (χ3n) is 4.99. The molecule has 1 aliphatic heterocycles. The molecular weight excluding hydrogens is 422 g/mol. The van der Waals surface area contributed by atoms with Crippen LogP contribution in [0.4, 0.5) is 22.4 Å². The summed E-state index contributed by atoms with van der Waals surface area (Å²) < 4.78 is 57.2. The predicted octanol–water partition coefficient (Wildman–Crippen LogP) is 3.17. The van der Waals surface area contributed by atoms with E-state index in [-0.39, 0.29) is 12.2 Å². The first kappa shape index (κ1) is 22.3. The lowest BCUT2D eigenvalue weighted by atomic mass is 9.87. The maximum Gasteiger partial charge on any atom is 0.406 e. The molecule has 1 N–H and O–H groups in total. The summed E-state index contributed by atoms with van der Waals surface area (Å²) in [5.41, 5.74) is -1.24. The molecule has 1 aromatic carbocycles. The Bertz CT molecular complexity index is 960. The smallest absolute Gasteiger partial charge is 0.406 e. The molecule has 1 atom stereocenters. The molecule has 0 aliphatic carbocycles. The molecule has 4 amide bonds. The third-order valence-corrected chi connectivity index (χ3v) is 4.99. The van der Waals surface area contributed by atoms with E-state index >= 15 is 0 Å². The van der Waals surface area contributed by atoms with Crippen LogP contribution in [0.3, 0.4) is 0 Å². The van der Waals surface area contributed by atoms with Gasteiger partial charge in [0.15, 0.2) is 0 Å². The Kier molecular flexibility index (Phi) is 6.05. The summed E-state index contributed by atoms with van der Waals surface area (Å²) in [5.74, 6) is -2.31. The molecule has 1 fully saturated rings. The number of nitrogens with zero attached hydrogens (tertiary/aromatic N) is 2. The molecule has 1 unspecified atom stereocenters. The van der Waals surface area contributed by atoms with E-state index in [1.54, 1.807) is 6.92 Å². The Morgan fingerprint density at radius 2 is 1.87 bits per heavy atom. The Labute approximate surface area is 174 Å². The fourth-order valence-electron chi connectivity index (χ4n) is 3.42. The largest absolute Gasteiger partial charge is 0.467 e. The van der Waals surface area contributed by atoms with Gasteiger partial charge in [0.1, 0.15) is 30.2 Å². The molecule has 2 heterocycles.